The Morgan fingerprint density at radius 1 is 1.00 bits per heavy atom. The number of carbonyl (C=O) groups excluding carboxylic acids is 2. The Morgan fingerprint density at radius 3 is 2.44 bits per heavy atom. The summed E-state index contributed by atoms with van der Waals surface area (Å²) in [6.45, 7) is 7.57. The van der Waals surface area contributed by atoms with Gasteiger partial charge in [-0.1, -0.05) is 0 Å². The smallest absolute Gasteiger partial charge is 0.252 e. The third kappa shape index (κ3) is 5.98. The summed E-state index contributed by atoms with van der Waals surface area (Å²) >= 11 is 3.10. The zero-order chi connectivity index (χ0) is 19.2. The second kappa shape index (κ2) is 9.25. The van der Waals surface area contributed by atoms with Gasteiger partial charge in [0.05, 0.1) is 18.7 Å². The highest BCUT2D eigenvalue weighted by Crippen LogP contribution is 2.21. The number of nitrogens with zero attached hydrogens (tertiary/aromatic N) is 4. The Hall–Kier alpha value is -2.04. The van der Waals surface area contributed by atoms with E-state index in [9.17, 15) is 9.59 Å². The number of hydrogen-bond acceptors (Lipinski definition) is 8. The van der Waals surface area contributed by atoms with Crippen LogP contribution in [0.3, 0.4) is 0 Å². The average molecular weight is 409 g/mol. The Labute approximate surface area is 166 Å². The lowest BCUT2D eigenvalue weighted by molar-refractivity contribution is -0.129. The first kappa shape index (κ1) is 19.7. The van der Waals surface area contributed by atoms with Gasteiger partial charge in [-0.05, 0) is 20.3 Å². The van der Waals surface area contributed by atoms with Crippen molar-refractivity contribution in [1.82, 2.24) is 25.7 Å². The zero-order valence-corrected chi connectivity index (χ0v) is 17.2. The maximum absolute atomic E-state index is 12.1. The maximum Gasteiger partial charge on any atom is 0.252 e. The standard InChI is InChI=1S/C17H24N6O2S2/c1-12-10-26-16(18-12)8-14(24)20-21-15(25)9-22-4-3-5-23(7-6-22)17-19-13(2)11-27-17/h10-11H,3-9H2,1-2H3,(H,20,24)(H,21,25). The number of hydrogen-bond donors (Lipinski definition) is 2. The molecule has 1 aliphatic rings. The second-order valence-corrected chi connectivity index (χ2v) is 8.32. The van der Waals surface area contributed by atoms with Crippen molar-refractivity contribution in [3.63, 3.8) is 0 Å². The molecule has 0 saturated carbocycles. The van der Waals surface area contributed by atoms with E-state index in [4.69, 9.17) is 0 Å². The van der Waals surface area contributed by atoms with Gasteiger partial charge in [0.15, 0.2) is 5.13 Å². The fraction of sp³-hybridized carbons (Fsp3) is 0.529. The Kier molecular flexibility index (Phi) is 6.75. The van der Waals surface area contributed by atoms with E-state index in [2.05, 4.69) is 36.0 Å². The van der Waals surface area contributed by atoms with Crippen LogP contribution < -0.4 is 15.8 Å². The van der Waals surface area contributed by atoms with Crippen molar-refractivity contribution >= 4 is 39.6 Å². The van der Waals surface area contributed by atoms with Crippen LogP contribution in [0.25, 0.3) is 0 Å². The van der Waals surface area contributed by atoms with Crippen molar-refractivity contribution in [2.75, 3.05) is 37.6 Å². The molecular weight excluding hydrogens is 384 g/mol. The van der Waals surface area contributed by atoms with E-state index in [-0.39, 0.29) is 24.8 Å². The molecule has 0 unspecified atom stereocenters. The van der Waals surface area contributed by atoms with Crippen LogP contribution in [-0.4, -0.2) is 59.4 Å². The molecule has 10 heteroatoms. The van der Waals surface area contributed by atoms with E-state index in [0.717, 1.165) is 54.1 Å². The molecule has 3 rings (SSSR count). The fourth-order valence-electron chi connectivity index (χ4n) is 2.85. The summed E-state index contributed by atoms with van der Waals surface area (Å²) in [6, 6.07) is 0. The van der Waals surface area contributed by atoms with E-state index >= 15 is 0 Å². The van der Waals surface area contributed by atoms with Crippen LogP contribution in [0.15, 0.2) is 10.8 Å². The first-order valence-electron chi connectivity index (χ1n) is 8.88. The highest BCUT2D eigenvalue weighted by atomic mass is 32.1. The number of rotatable bonds is 5. The van der Waals surface area contributed by atoms with Gasteiger partial charge in [-0.25, -0.2) is 9.97 Å². The third-order valence-corrected chi connectivity index (χ3v) is 6.14. The number of hydrazine groups is 1. The molecule has 3 heterocycles. The molecule has 0 radical (unpaired) electrons. The molecule has 2 aromatic heterocycles. The molecule has 0 aliphatic carbocycles. The van der Waals surface area contributed by atoms with Crippen LogP contribution in [0.2, 0.25) is 0 Å². The van der Waals surface area contributed by atoms with Gasteiger partial charge < -0.3 is 4.90 Å². The Morgan fingerprint density at radius 2 is 1.74 bits per heavy atom. The molecule has 1 fully saturated rings. The van der Waals surface area contributed by atoms with Gasteiger partial charge in [0.1, 0.15) is 5.01 Å². The summed E-state index contributed by atoms with van der Waals surface area (Å²) in [4.78, 5) is 37.2. The molecule has 8 nitrogen and oxygen atoms in total. The third-order valence-electron chi connectivity index (χ3n) is 4.15. The van der Waals surface area contributed by atoms with E-state index in [1.54, 1.807) is 11.3 Å². The number of aromatic nitrogens is 2. The molecule has 1 aliphatic heterocycles. The average Bonchev–Trinajstić information content (AvgIpc) is 3.16. The fourth-order valence-corrected chi connectivity index (χ4v) is 4.48. The topological polar surface area (TPSA) is 90.5 Å². The molecule has 2 N–H and O–H groups in total. The van der Waals surface area contributed by atoms with Crippen molar-refractivity contribution < 1.29 is 9.59 Å². The predicted octanol–water partition coefficient (Wildman–Crippen LogP) is 1.12. The zero-order valence-electron chi connectivity index (χ0n) is 15.5. The molecule has 0 spiro atoms. The molecule has 0 atom stereocenters. The maximum atomic E-state index is 12.1. The van der Waals surface area contributed by atoms with Crippen LogP contribution in [-0.2, 0) is 16.0 Å². The first-order chi connectivity index (χ1) is 13.0. The lowest BCUT2D eigenvalue weighted by Gasteiger charge is -2.21. The van der Waals surface area contributed by atoms with Gasteiger partial charge >= 0.3 is 0 Å². The van der Waals surface area contributed by atoms with Crippen molar-refractivity contribution in [3.8, 4) is 0 Å². The van der Waals surface area contributed by atoms with Gasteiger partial charge in [-0.2, -0.15) is 0 Å². The summed E-state index contributed by atoms with van der Waals surface area (Å²) in [5, 5.41) is 5.74. The van der Waals surface area contributed by atoms with Crippen LogP contribution in [0.4, 0.5) is 5.13 Å². The van der Waals surface area contributed by atoms with E-state index in [1.165, 1.54) is 11.3 Å². The number of carbonyl (C=O) groups is 2. The van der Waals surface area contributed by atoms with Gasteiger partial charge in [-0.15, -0.1) is 22.7 Å². The first-order valence-corrected chi connectivity index (χ1v) is 10.6. The van der Waals surface area contributed by atoms with E-state index < -0.39 is 0 Å². The minimum atomic E-state index is -0.265. The summed E-state index contributed by atoms with van der Waals surface area (Å²) in [5.74, 6) is -0.476. The highest BCUT2D eigenvalue weighted by molar-refractivity contribution is 7.13. The number of anilines is 1. The van der Waals surface area contributed by atoms with Crippen molar-refractivity contribution in [1.29, 1.82) is 0 Å². The quantitative estimate of drug-likeness (QED) is 0.721. The number of aryl methyl sites for hydroxylation is 2. The van der Waals surface area contributed by atoms with Crippen molar-refractivity contribution in [3.05, 3.63) is 27.2 Å². The SMILES string of the molecule is Cc1csc(CC(=O)NNC(=O)CN2CCCN(c3nc(C)cs3)CC2)n1. The van der Waals surface area contributed by atoms with Crippen LogP contribution >= 0.6 is 22.7 Å². The second-order valence-electron chi connectivity index (χ2n) is 6.54. The largest absolute Gasteiger partial charge is 0.347 e. The summed E-state index contributed by atoms with van der Waals surface area (Å²) in [5.41, 5.74) is 6.90. The number of nitrogens with one attached hydrogen (secondary N) is 2. The lowest BCUT2D eigenvalue weighted by Crippen LogP contribution is -2.47. The molecule has 1 saturated heterocycles. The van der Waals surface area contributed by atoms with Gasteiger partial charge in [-0.3, -0.25) is 25.3 Å². The van der Waals surface area contributed by atoms with Crippen LogP contribution in [0.1, 0.15) is 22.8 Å². The molecule has 2 aromatic rings. The molecule has 0 aromatic carbocycles. The monoisotopic (exact) mass is 408 g/mol. The predicted molar refractivity (Wildman–Crippen MR) is 107 cm³/mol. The number of thiazole rings is 2. The highest BCUT2D eigenvalue weighted by Gasteiger charge is 2.19. The van der Waals surface area contributed by atoms with Crippen LogP contribution in [0, 0.1) is 13.8 Å². The van der Waals surface area contributed by atoms with Crippen molar-refractivity contribution in [2.45, 2.75) is 26.7 Å². The molecule has 0 bridgehead atoms. The number of amides is 2. The van der Waals surface area contributed by atoms with E-state index in [0.29, 0.717) is 0 Å². The lowest BCUT2D eigenvalue weighted by atomic mass is 10.4. The normalized spacial score (nSPS) is 15.4. The van der Waals surface area contributed by atoms with Gasteiger partial charge in [0.2, 0.25) is 5.91 Å². The molecule has 146 valence electrons. The molecule has 2 amide bonds. The minimum Gasteiger partial charge on any atom is -0.347 e. The van der Waals surface area contributed by atoms with E-state index in [1.807, 2.05) is 19.2 Å². The van der Waals surface area contributed by atoms with Crippen molar-refractivity contribution in [2.24, 2.45) is 0 Å². The molecular formula is C17H24N6O2S2. The summed E-state index contributed by atoms with van der Waals surface area (Å²) in [7, 11) is 0. The Balaban J connectivity index is 1.39. The summed E-state index contributed by atoms with van der Waals surface area (Å²) in [6.07, 6.45) is 1.15. The minimum absolute atomic E-state index is 0.171. The Bertz CT molecular complexity index is 790. The summed E-state index contributed by atoms with van der Waals surface area (Å²) < 4.78 is 0. The van der Waals surface area contributed by atoms with Crippen LogP contribution in [0.5, 0.6) is 0 Å². The van der Waals surface area contributed by atoms with Gasteiger partial charge in [0.25, 0.3) is 5.91 Å². The van der Waals surface area contributed by atoms with Gasteiger partial charge in [0, 0.05) is 42.6 Å². The molecule has 27 heavy (non-hydrogen) atoms.